The molecule has 264 valence electrons. The van der Waals surface area contributed by atoms with Crippen LogP contribution in [0.5, 0.6) is 0 Å². The Balaban J connectivity index is 1.04. The number of amides is 1. The first-order valence-electron chi connectivity index (χ1n) is 20.1. The van der Waals surface area contributed by atoms with Crippen LogP contribution in [0.2, 0.25) is 0 Å². The number of hydrogen-bond donors (Lipinski definition) is 2. The fourth-order valence-electron chi connectivity index (χ4n) is 11.0. The first-order chi connectivity index (χ1) is 22.3. The third-order valence-corrected chi connectivity index (χ3v) is 13.8. The third kappa shape index (κ3) is 10.2. The highest BCUT2D eigenvalue weighted by Gasteiger charge is 2.60. The van der Waals surface area contributed by atoms with Crippen molar-refractivity contribution >= 4 is 12.1 Å². The Labute approximate surface area is 282 Å². The molecular weight excluding hydrogens is 570 g/mol. The topological polar surface area (TPSA) is 75.6 Å². The summed E-state index contributed by atoms with van der Waals surface area (Å²) in [5, 5.41) is 12.3. The molecule has 0 heterocycles. The maximum absolute atomic E-state index is 12.6. The Hall–Kier alpha value is -1.52. The fraction of sp³-hybridized carbons (Fsp3) is 0.902. The maximum atomic E-state index is 12.6. The lowest BCUT2D eigenvalue weighted by Crippen LogP contribution is -2.54. The largest absolute Gasteiger partial charge is 0.481 e. The normalized spacial score (nSPS) is 33.7. The summed E-state index contributed by atoms with van der Waals surface area (Å²) in [5.74, 6) is 2.95. The summed E-state index contributed by atoms with van der Waals surface area (Å²) in [6.45, 7) is 8.08. The molecule has 46 heavy (non-hydrogen) atoms. The van der Waals surface area contributed by atoms with E-state index in [1.165, 1.54) is 128 Å². The lowest BCUT2D eigenvalue weighted by atomic mass is 9.44. The summed E-state index contributed by atoms with van der Waals surface area (Å²) in [6, 6.07) is 0. The summed E-state index contributed by atoms with van der Waals surface area (Å²) in [7, 11) is 0. The van der Waals surface area contributed by atoms with Crippen molar-refractivity contribution in [2.45, 2.75) is 187 Å². The molecule has 4 aliphatic rings. The lowest BCUT2D eigenvalue weighted by Gasteiger charge is -2.61. The first kappa shape index (κ1) is 37.3. The van der Waals surface area contributed by atoms with E-state index in [0.29, 0.717) is 29.1 Å². The van der Waals surface area contributed by atoms with Gasteiger partial charge >= 0.3 is 12.1 Å². The van der Waals surface area contributed by atoms with E-state index in [1.807, 2.05) is 0 Å². The molecule has 0 aliphatic heterocycles. The highest BCUT2D eigenvalue weighted by Crippen LogP contribution is 2.68. The number of ether oxygens (including phenoxy) is 1. The standard InChI is InChI=1S/C41H71NO4/c1-4-5-6-7-8-9-10-11-12-13-14-15-16-17-18-19-30-42-39(45)46-34-26-28-41(3)33(31-34)20-23-35-36-24-21-32(22-25-38(43)44)40(36,2)29-27-37(35)41/h11-12,32-37H,4-10,13-31H2,1-3H3,(H,42,45)(H,43,44)/b12-11-/t32?,33?,34-,35?,36?,37?,40-,41+/m1/s1. The minimum atomic E-state index is -0.639. The summed E-state index contributed by atoms with van der Waals surface area (Å²) in [6.07, 6.45) is 34.9. The smallest absolute Gasteiger partial charge is 0.407 e. The molecule has 0 aromatic heterocycles. The number of fused-ring (bicyclic) bond motifs is 5. The van der Waals surface area contributed by atoms with Gasteiger partial charge in [-0.15, -0.1) is 0 Å². The van der Waals surface area contributed by atoms with Crippen molar-refractivity contribution in [2.75, 3.05) is 6.54 Å². The summed E-state index contributed by atoms with van der Waals surface area (Å²) >= 11 is 0. The molecule has 4 fully saturated rings. The zero-order valence-electron chi connectivity index (χ0n) is 30.2. The quantitative estimate of drug-likeness (QED) is 0.102. The van der Waals surface area contributed by atoms with Crippen molar-refractivity contribution in [3.8, 4) is 0 Å². The van der Waals surface area contributed by atoms with Gasteiger partial charge in [0, 0.05) is 13.0 Å². The maximum Gasteiger partial charge on any atom is 0.407 e. The Kier molecular flexibility index (Phi) is 15.3. The van der Waals surface area contributed by atoms with Crippen molar-refractivity contribution in [1.29, 1.82) is 0 Å². The van der Waals surface area contributed by atoms with E-state index in [0.717, 1.165) is 50.0 Å². The molecule has 8 atom stereocenters. The number of alkyl carbamates (subject to hydrolysis) is 1. The monoisotopic (exact) mass is 642 g/mol. The number of unbranched alkanes of at least 4 members (excludes halogenated alkanes) is 12. The second-order valence-electron chi connectivity index (χ2n) is 16.6. The molecule has 1 amide bonds. The number of hydrogen-bond acceptors (Lipinski definition) is 3. The molecule has 0 aromatic rings. The predicted molar refractivity (Wildman–Crippen MR) is 190 cm³/mol. The predicted octanol–water partition coefficient (Wildman–Crippen LogP) is 11.6. The second kappa shape index (κ2) is 18.9. The van der Waals surface area contributed by atoms with Gasteiger partial charge in [-0.05, 0) is 137 Å². The molecule has 4 saturated carbocycles. The van der Waals surface area contributed by atoms with Gasteiger partial charge in [-0.25, -0.2) is 4.79 Å². The fourth-order valence-corrected chi connectivity index (χ4v) is 11.0. The third-order valence-electron chi connectivity index (χ3n) is 13.8. The van der Waals surface area contributed by atoms with Crippen LogP contribution in [0.3, 0.4) is 0 Å². The summed E-state index contributed by atoms with van der Waals surface area (Å²) in [4.78, 5) is 23.9. The van der Waals surface area contributed by atoms with Gasteiger partial charge in [-0.2, -0.15) is 0 Å². The van der Waals surface area contributed by atoms with Crippen LogP contribution < -0.4 is 5.32 Å². The molecule has 0 bridgehead atoms. The molecular formula is C41H71NO4. The molecule has 5 unspecified atom stereocenters. The lowest BCUT2D eigenvalue weighted by molar-refractivity contribution is -0.138. The highest BCUT2D eigenvalue weighted by molar-refractivity contribution is 5.67. The van der Waals surface area contributed by atoms with Crippen molar-refractivity contribution in [3.05, 3.63) is 12.2 Å². The zero-order valence-corrected chi connectivity index (χ0v) is 30.2. The van der Waals surface area contributed by atoms with Crippen LogP contribution >= 0.6 is 0 Å². The number of carbonyl (C=O) groups is 2. The minimum absolute atomic E-state index is 0.0650. The SMILES string of the molecule is CCCCCCCC/C=C\CCCCCCCCNC(=O)O[C@@H]1CC[C@@]2(C)C(CCC3C2CC[C@]2(C)C(CCC(=O)O)CCC32)C1. The molecule has 0 spiro atoms. The molecule has 5 heteroatoms. The number of nitrogens with one attached hydrogen (secondary N) is 1. The van der Waals surface area contributed by atoms with Crippen molar-refractivity contribution in [1.82, 2.24) is 5.32 Å². The van der Waals surface area contributed by atoms with Gasteiger partial charge in [-0.3, -0.25) is 4.79 Å². The van der Waals surface area contributed by atoms with Crippen LogP contribution in [0.15, 0.2) is 12.2 Å². The number of carbonyl (C=O) groups excluding carboxylic acids is 1. The average molecular weight is 642 g/mol. The van der Waals surface area contributed by atoms with Gasteiger partial charge in [0.15, 0.2) is 0 Å². The van der Waals surface area contributed by atoms with Crippen molar-refractivity contribution in [3.63, 3.8) is 0 Å². The van der Waals surface area contributed by atoms with E-state index < -0.39 is 5.97 Å². The molecule has 5 nitrogen and oxygen atoms in total. The number of rotatable bonds is 20. The minimum Gasteiger partial charge on any atom is -0.481 e. The Morgan fingerprint density at radius 1 is 0.761 bits per heavy atom. The average Bonchev–Trinajstić information content (AvgIpc) is 3.37. The van der Waals surface area contributed by atoms with E-state index in [-0.39, 0.29) is 12.2 Å². The van der Waals surface area contributed by atoms with E-state index in [2.05, 4.69) is 38.2 Å². The van der Waals surface area contributed by atoms with Gasteiger partial charge in [0.25, 0.3) is 0 Å². The summed E-state index contributed by atoms with van der Waals surface area (Å²) in [5.41, 5.74) is 0.700. The van der Waals surface area contributed by atoms with E-state index in [9.17, 15) is 14.7 Å². The number of carboxylic acids is 1. The zero-order chi connectivity index (χ0) is 32.8. The van der Waals surface area contributed by atoms with Crippen LogP contribution in [0.25, 0.3) is 0 Å². The van der Waals surface area contributed by atoms with Crippen LogP contribution in [-0.2, 0) is 9.53 Å². The van der Waals surface area contributed by atoms with Gasteiger partial charge in [0.2, 0.25) is 0 Å². The first-order valence-corrected chi connectivity index (χ1v) is 20.1. The van der Waals surface area contributed by atoms with Crippen molar-refractivity contribution in [2.24, 2.45) is 40.4 Å². The molecule has 0 radical (unpaired) electrons. The number of allylic oxidation sites excluding steroid dienone is 2. The van der Waals surface area contributed by atoms with Crippen LogP contribution in [0.4, 0.5) is 4.79 Å². The molecule has 0 saturated heterocycles. The van der Waals surface area contributed by atoms with Crippen LogP contribution in [-0.4, -0.2) is 29.8 Å². The van der Waals surface area contributed by atoms with Gasteiger partial charge < -0.3 is 15.2 Å². The Bertz CT molecular complexity index is 949. The summed E-state index contributed by atoms with van der Waals surface area (Å²) < 4.78 is 5.99. The second-order valence-corrected chi connectivity index (χ2v) is 16.6. The number of carboxylic acid groups (broad SMARTS) is 1. The van der Waals surface area contributed by atoms with E-state index in [4.69, 9.17) is 4.74 Å². The van der Waals surface area contributed by atoms with Gasteiger partial charge in [0.05, 0.1) is 0 Å². The van der Waals surface area contributed by atoms with Crippen molar-refractivity contribution < 1.29 is 19.4 Å². The van der Waals surface area contributed by atoms with Gasteiger partial charge in [0.1, 0.15) is 6.10 Å². The van der Waals surface area contributed by atoms with Crippen LogP contribution in [0.1, 0.15) is 181 Å². The molecule has 4 aliphatic carbocycles. The van der Waals surface area contributed by atoms with E-state index >= 15 is 0 Å². The van der Waals surface area contributed by atoms with Crippen LogP contribution in [0, 0.1) is 40.4 Å². The van der Waals surface area contributed by atoms with Gasteiger partial charge in [-0.1, -0.05) is 90.7 Å². The number of aliphatic carboxylic acids is 1. The molecule has 2 N–H and O–H groups in total. The Morgan fingerprint density at radius 3 is 2.09 bits per heavy atom. The van der Waals surface area contributed by atoms with E-state index in [1.54, 1.807) is 0 Å². The molecule has 4 rings (SSSR count). The molecule has 0 aromatic carbocycles. The Morgan fingerprint density at radius 2 is 1.39 bits per heavy atom. The highest BCUT2D eigenvalue weighted by atomic mass is 16.6.